The van der Waals surface area contributed by atoms with Crippen molar-refractivity contribution in [2.24, 2.45) is 0 Å². The van der Waals surface area contributed by atoms with Gasteiger partial charge in [-0.1, -0.05) is 18.2 Å². The zero-order valence-corrected chi connectivity index (χ0v) is 12.8. The largest absolute Gasteiger partial charge is 0.353 e. The Balaban J connectivity index is 1.78. The molecule has 1 fully saturated rings. The Morgan fingerprint density at radius 2 is 1.86 bits per heavy atom. The lowest BCUT2D eigenvalue weighted by Gasteiger charge is -2.32. The maximum absolute atomic E-state index is 12.3. The third-order valence-electron chi connectivity index (χ3n) is 3.71. The number of halogens is 1. The minimum Gasteiger partial charge on any atom is -0.353 e. The van der Waals surface area contributed by atoms with E-state index in [1.54, 1.807) is 0 Å². The molecule has 0 aliphatic carbocycles. The Hall–Kier alpha value is -1.55. The number of piperidine rings is 1. The van der Waals surface area contributed by atoms with Gasteiger partial charge >= 0.3 is 0 Å². The van der Waals surface area contributed by atoms with Gasteiger partial charge in [0.25, 0.3) is 5.91 Å². The first-order valence-electron chi connectivity index (χ1n) is 7.40. The number of likely N-dealkylation sites (tertiary alicyclic amines) is 1. The topological polar surface area (TPSA) is 49.4 Å². The van der Waals surface area contributed by atoms with Gasteiger partial charge in [-0.25, -0.2) is 0 Å². The molecule has 4 nitrogen and oxygen atoms in total. The number of rotatable bonds is 5. The van der Waals surface area contributed by atoms with Gasteiger partial charge in [-0.15, -0.1) is 11.6 Å². The highest BCUT2D eigenvalue weighted by Gasteiger charge is 2.24. The average molecular weight is 309 g/mol. The fourth-order valence-corrected chi connectivity index (χ4v) is 2.65. The molecular formula is C16H21ClN2O2. The smallest absolute Gasteiger partial charge is 0.253 e. The van der Waals surface area contributed by atoms with E-state index in [-0.39, 0.29) is 17.9 Å². The minimum absolute atomic E-state index is 0.0588. The van der Waals surface area contributed by atoms with Gasteiger partial charge in [0.2, 0.25) is 5.91 Å². The summed E-state index contributed by atoms with van der Waals surface area (Å²) in [5, 5.41) is 3.02. The molecule has 0 aromatic heterocycles. The van der Waals surface area contributed by atoms with E-state index in [1.807, 2.05) is 35.2 Å². The van der Waals surface area contributed by atoms with Crippen LogP contribution in [0, 0.1) is 0 Å². The zero-order valence-electron chi connectivity index (χ0n) is 12.1. The standard InChI is InChI=1S/C16H21ClN2O2/c17-10-4-7-15(20)18-14-8-11-19(12-9-14)16(21)13-5-2-1-3-6-13/h1-3,5-6,14H,4,7-12H2,(H,18,20). The first kappa shape index (κ1) is 15.8. The molecule has 2 amide bonds. The fourth-order valence-electron chi connectivity index (χ4n) is 2.52. The van der Waals surface area contributed by atoms with Crippen LogP contribution in [0.2, 0.25) is 0 Å². The summed E-state index contributed by atoms with van der Waals surface area (Å²) in [6, 6.07) is 9.49. The van der Waals surface area contributed by atoms with Gasteiger partial charge in [0.1, 0.15) is 0 Å². The molecule has 21 heavy (non-hydrogen) atoms. The minimum atomic E-state index is 0.0588. The third-order valence-corrected chi connectivity index (χ3v) is 3.97. The van der Waals surface area contributed by atoms with Crippen molar-refractivity contribution in [1.82, 2.24) is 10.2 Å². The van der Waals surface area contributed by atoms with Gasteiger partial charge in [-0.05, 0) is 31.4 Å². The van der Waals surface area contributed by atoms with Crippen molar-refractivity contribution in [2.75, 3.05) is 19.0 Å². The van der Waals surface area contributed by atoms with Crippen LogP contribution in [0.4, 0.5) is 0 Å². The Morgan fingerprint density at radius 3 is 2.48 bits per heavy atom. The van der Waals surface area contributed by atoms with Crippen LogP contribution in [-0.4, -0.2) is 41.7 Å². The third kappa shape index (κ3) is 4.74. The van der Waals surface area contributed by atoms with Gasteiger partial charge in [0, 0.05) is 37.0 Å². The molecule has 2 rings (SSSR count). The van der Waals surface area contributed by atoms with Gasteiger partial charge in [0.05, 0.1) is 0 Å². The number of carbonyl (C=O) groups excluding carboxylic acids is 2. The molecule has 114 valence electrons. The molecule has 1 aliphatic rings. The van der Waals surface area contributed by atoms with Crippen LogP contribution in [0.5, 0.6) is 0 Å². The number of amides is 2. The second-order valence-corrected chi connectivity index (χ2v) is 5.67. The quantitative estimate of drug-likeness (QED) is 0.849. The molecule has 1 N–H and O–H groups in total. The summed E-state index contributed by atoms with van der Waals surface area (Å²) < 4.78 is 0. The van der Waals surface area contributed by atoms with E-state index < -0.39 is 0 Å². The van der Waals surface area contributed by atoms with Crippen LogP contribution in [-0.2, 0) is 4.79 Å². The van der Waals surface area contributed by atoms with Crippen molar-refractivity contribution in [3.8, 4) is 0 Å². The van der Waals surface area contributed by atoms with Crippen LogP contribution < -0.4 is 5.32 Å². The molecule has 0 atom stereocenters. The van der Waals surface area contributed by atoms with E-state index >= 15 is 0 Å². The molecule has 1 aromatic rings. The summed E-state index contributed by atoms with van der Waals surface area (Å²) >= 11 is 5.58. The van der Waals surface area contributed by atoms with Gasteiger partial charge in [-0.3, -0.25) is 9.59 Å². The monoisotopic (exact) mass is 308 g/mol. The average Bonchev–Trinajstić information content (AvgIpc) is 2.54. The highest BCUT2D eigenvalue weighted by atomic mass is 35.5. The van der Waals surface area contributed by atoms with Crippen molar-refractivity contribution < 1.29 is 9.59 Å². The predicted molar refractivity (Wildman–Crippen MR) is 83.5 cm³/mol. The van der Waals surface area contributed by atoms with Crippen LogP contribution in [0.3, 0.4) is 0 Å². The number of benzene rings is 1. The molecule has 5 heteroatoms. The van der Waals surface area contributed by atoms with E-state index in [9.17, 15) is 9.59 Å². The Labute approximate surface area is 130 Å². The van der Waals surface area contributed by atoms with Gasteiger partial charge in [0.15, 0.2) is 0 Å². The molecule has 1 heterocycles. The molecule has 0 bridgehead atoms. The lowest BCUT2D eigenvalue weighted by atomic mass is 10.0. The number of alkyl halides is 1. The van der Waals surface area contributed by atoms with Crippen molar-refractivity contribution in [2.45, 2.75) is 31.7 Å². The van der Waals surface area contributed by atoms with Crippen molar-refractivity contribution >= 4 is 23.4 Å². The van der Waals surface area contributed by atoms with E-state index in [0.29, 0.717) is 31.8 Å². The molecule has 0 spiro atoms. The normalized spacial score (nSPS) is 15.8. The van der Waals surface area contributed by atoms with E-state index in [4.69, 9.17) is 11.6 Å². The number of nitrogens with zero attached hydrogens (tertiary/aromatic N) is 1. The number of hydrogen-bond acceptors (Lipinski definition) is 2. The highest BCUT2D eigenvalue weighted by molar-refractivity contribution is 6.17. The Morgan fingerprint density at radius 1 is 1.19 bits per heavy atom. The maximum Gasteiger partial charge on any atom is 0.253 e. The van der Waals surface area contributed by atoms with Gasteiger partial charge < -0.3 is 10.2 Å². The van der Waals surface area contributed by atoms with E-state index in [2.05, 4.69) is 5.32 Å². The summed E-state index contributed by atoms with van der Waals surface area (Å²) in [5.41, 5.74) is 0.724. The van der Waals surface area contributed by atoms with Crippen molar-refractivity contribution in [3.05, 3.63) is 35.9 Å². The zero-order chi connectivity index (χ0) is 15.1. The summed E-state index contributed by atoms with van der Waals surface area (Å²) in [6.45, 7) is 1.38. The molecular weight excluding hydrogens is 288 g/mol. The molecule has 0 saturated carbocycles. The SMILES string of the molecule is O=C(CCCCl)NC1CCN(C(=O)c2ccccc2)CC1. The first-order valence-corrected chi connectivity index (χ1v) is 7.94. The number of carbonyl (C=O) groups is 2. The summed E-state index contributed by atoms with van der Waals surface area (Å²) in [5.74, 6) is 0.642. The van der Waals surface area contributed by atoms with E-state index in [0.717, 1.165) is 18.4 Å². The van der Waals surface area contributed by atoms with E-state index in [1.165, 1.54) is 0 Å². The summed E-state index contributed by atoms with van der Waals surface area (Å²) in [7, 11) is 0. The lowest BCUT2D eigenvalue weighted by Crippen LogP contribution is -2.46. The number of nitrogens with one attached hydrogen (secondary N) is 1. The van der Waals surface area contributed by atoms with Crippen LogP contribution in [0.15, 0.2) is 30.3 Å². The van der Waals surface area contributed by atoms with Crippen LogP contribution in [0.1, 0.15) is 36.0 Å². The number of hydrogen-bond donors (Lipinski definition) is 1. The second kappa shape index (κ2) is 8.03. The Kier molecular flexibility index (Phi) is 6.05. The first-order chi connectivity index (χ1) is 10.2. The summed E-state index contributed by atoms with van der Waals surface area (Å²) in [6.07, 6.45) is 2.81. The molecule has 0 unspecified atom stereocenters. The fraction of sp³-hybridized carbons (Fsp3) is 0.500. The molecule has 1 saturated heterocycles. The summed E-state index contributed by atoms with van der Waals surface area (Å²) in [4.78, 5) is 25.8. The molecule has 1 aromatic carbocycles. The lowest BCUT2D eigenvalue weighted by molar-refractivity contribution is -0.122. The molecule has 0 radical (unpaired) electrons. The van der Waals surface area contributed by atoms with Crippen molar-refractivity contribution in [1.29, 1.82) is 0 Å². The second-order valence-electron chi connectivity index (χ2n) is 5.29. The van der Waals surface area contributed by atoms with Crippen LogP contribution >= 0.6 is 11.6 Å². The van der Waals surface area contributed by atoms with Gasteiger partial charge in [-0.2, -0.15) is 0 Å². The Bertz CT molecular complexity index is 470. The van der Waals surface area contributed by atoms with Crippen molar-refractivity contribution in [3.63, 3.8) is 0 Å². The highest BCUT2D eigenvalue weighted by Crippen LogP contribution is 2.14. The maximum atomic E-state index is 12.3. The predicted octanol–water partition coefficient (Wildman–Crippen LogP) is 2.43. The molecule has 1 aliphatic heterocycles. The van der Waals surface area contributed by atoms with Crippen LogP contribution in [0.25, 0.3) is 0 Å².